The largest absolute Gasteiger partial charge is 0.396 e. The van der Waals surface area contributed by atoms with Crippen LogP contribution >= 0.6 is 0 Å². The molecule has 0 radical (unpaired) electrons. The van der Waals surface area contributed by atoms with E-state index >= 15 is 0 Å². The first-order valence-electron chi connectivity index (χ1n) is 6.97. The minimum absolute atomic E-state index is 0.0723. The minimum Gasteiger partial charge on any atom is -0.396 e. The maximum absolute atomic E-state index is 11.8. The van der Waals surface area contributed by atoms with Crippen LogP contribution in [0, 0.1) is 16.0 Å². The Morgan fingerprint density at radius 3 is 2.81 bits per heavy atom. The molecule has 0 aliphatic heterocycles. The van der Waals surface area contributed by atoms with Crippen molar-refractivity contribution in [1.82, 2.24) is 5.32 Å². The standard InChI is InChI=1S/C14H21N3O4/c1-2-4-11(7-8-18)10-15-14(19)16-12-5-3-6-13(9-12)17(20)21/h3,5-6,9,11,18H,2,4,7-8,10H2,1H3,(H2,15,16,19). The number of nitro benzene ring substituents is 1. The van der Waals surface area contributed by atoms with Crippen LogP contribution in [0.15, 0.2) is 24.3 Å². The van der Waals surface area contributed by atoms with Crippen LogP contribution in [-0.2, 0) is 0 Å². The maximum Gasteiger partial charge on any atom is 0.319 e. The number of nitro groups is 1. The molecule has 0 saturated carbocycles. The van der Waals surface area contributed by atoms with Crippen molar-refractivity contribution >= 4 is 17.4 Å². The molecule has 2 amide bonds. The molecule has 0 heterocycles. The van der Waals surface area contributed by atoms with Crippen molar-refractivity contribution in [3.8, 4) is 0 Å². The smallest absolute Gasteiger partial charge is 0.319 e. The molecule has 0 saturated heterocycles. The summed E-state index contributed by atoms with van der Waals surface area (Å²) in [5.41, 5.74) is 0.299. The van der Waals surface area contributed by atoms with Gasteiger partial charge < -0.3 is 15.7 Å². The second kappa shape index (κ2) is 8.91. The number of anilines is 1. The van der Waals surface area contributed by atoms with Crippen molar-refractivity contribution in [2.24, 2.45) is 5.92 Å². The molecule has 7 heteroatoms. The molecule has 1 aromatic rings. The molecule has 1 unspecified atom stereocenters. The molecule has 0 bridgehead atoms. The molecule has 0 fully saturated rings. The molecule has 3 N–H and O–H groups in total. The fraction of sp³-hybridized carbons (Fsp3) is 0.500. The van der Waals surface area contributed by atoms with Gasteiger partial charge in [0.1, 0.15) is 0 Å². The highest BCUT2D eigenvalue weighted by Gasteiger charge is 2.11. The van der Waals surface area contributed by atoms with Gasteiger partial charge >= 0.3 is 6.03 Å². The van der Waals surface area contributed by atoms with E-state index < -0.39 is 11.0 Å². The number of rotatable bonds is 8. The normalized spacial score (nSPS) is 11.7. The predicted molar refractivity (Wildman–Crippen MR) is 80.2 cm³/mol. The number of urea groups is 1. The Balaban J connectivity index is 2.49. The second-order valence-corrected chi connectivity index (χ2v) is 4.81. The van der Waals surface area contributed by atoms with Crippen LogP contribution in [0.5, 0.6) is 0 Å². The number of nitrogens with zero attached hydrogens (tertiary/aromatic N) is 1. The lowest BCUT2D eigenvalue weighted by Gasteiger charge is -2.16. The lowest BCUT2D eigenvalue weighted by molar-refractivity contribution is -0.384. The summed E-state index contributed by atoms with van der Waals surface area (Å²) in [5.74, 6) is 0.232. The summed E-state index contributed by atoms with van der Waals surface area (Å²) in [5, 5.41) is 24.9. The highest BCUT2D eigenvalue weighted by atomic mass is 16.6. The van der Waals surface area contributed by atoms with Crippen LogP contribution in [0.25, 0.3) is 0 Å². The Kier molecular flexibility index (Phi) is 7.17. The van der Waals surface area contributed by atoms with E-state index in [1.54, 1.807) is 6.07 Å². The van der Waals surface area contributed by atoms with Crippen LogP contribution < -0.4 is 10.6 Å². The summed E-state index contributed by atoms with van der Waals surface area (Å²) in [6.07, 6.45) is 2.56. The SMILES string of the molecule is CCCC(CCO)CNC(=O)Nc1cccc([N+](=O)[O-])c1. The van der Waals surface area contributed by atoms with Crippen LogP contribution in [0.2, 0.25) is 0 Å². The van der Waals surface area contributed by atoms with Gasteiger partial charge in [0.2, 0.25) is 0 Å². The minimum atomic E-state index is -0.512. The zero-order chi connectivity index (χ0) is 15.7. The molecule has 1 atom stereocenters. The average molecular weight is 295 g/mol. The maximum atomic E-state index is 11.8. The van der Waals surface area contributed by atoms with Crippen LogP contribution in [0.4, 0.5) is 16.2 Å². The Bertz CT molecular complexity index is 473. The third-order valence-electron chi connectivity index (χ3n) is 3.10. The van der Waals surface area contributed by atoms with Gasteiger partial charge in [-0.05, 0) is 24.8 Å². The first-order valence-corrected chi connectivity index (χ1v) is 6.97. The number of non-ortho nitro benzene ring substituents is 1. The van der Waals surface area contributed by atoms with E-state index in [-0.39, 0.29) is 18.2 Å². The quantitative estimate of drug-likeness (QED) is 0.506. The summed E-state index contributed by atoms with van der Waals surface area (Å²) >= 11 is 0. The number of hydrogen-bond acceptors (Lipinski definition) is 4. The van der Waals surface area contributed by atoms with Gasteiger partial charge in [0.25, 0.3) is 5.69 Å². The number of benzene rings is 1. The third-order valence-corrected chi connectivity index (χ3v) is 3.10. The third kappa shape index (κ3) is 6.22. The molecule has 21 heavy (non-hydrogen) atoms. The Morgan fingerprint density at radius 1 is 1.43 bits per heavy atom. The molecular formula is C14H21N3O4. The van der Waals surface area contributed by atoms with Crippen molar-refractivity contribution in [3.63, 3.8) is 0 Å². The predicted octanol–water partition coefficient (Wildman–Crippen LogP) is 2.52. The van der Waals surface area contributed by atoms with Crippen molar-refractivity contribution in [1.29, 1.82) is 0 Å². The van der Waals surface area contributed by atoms with Crippen molar-refractivity contribution < 1.29 is 14.8 Å². The highest BCUT2D eigenvalue weighted by Crippen LogP contribution is 2.17. The average Bonchev–Trinajstić information content (AvgIpc) is 2.45. The summed E-state index contributed by atoms with van der Waals surface area (Å²) < 4.78 is 0. The van der Waals surface area contributed by atoms with Crippen LogP contribution in [-0.4, -0.2) is 29.2 Å². The molecule has 1 rings (SSSR count). The van der Waals surface area contributed by atoms with Gasteiger partial charge in [-0.25, -0.2) is 4.79 Å². The number of nitrogens with one attached hydrogen (secondary N) is 2. The topological polar surface area (TPSA) is 104 Å². The number of carbonyl (C=O) groups is 1. The zero-order valence-corrected chi connectivity index (χ0v) is 12.0. The summed E-state index contributed by atoms with van der Waals surface area (Å²) in [7, 11) is 0. The number of amides is 2. The summed E-state index contributed by atoms with van der Waals surface area (Å²) in [6.45, 7) is 2.61. The Hall–Kier alpha value is -2.15. The van der Waals surface area contributed by atoms with E-state index in [2.05, 4.69) is 10.6 Å². The van der Waals surface area contributed by atoms with Crippen molar-refractivity contribution in [3.05, 3.63) is 34.4 Å². The number of aliphatic hydroxyl groups is 1. The second-order valence-electron chi connectivity index (χ2n) is 4.81. The molecule has 0 aliphatic rings. The fourth-order valence-corrected chi connectivity index (χ4v) is 2.05. The molecule has 7 nitrogen and oxygen atoms in total. The van der Waals surface area contributed by atoms with E-state index in [4.69, 9.17) is 5.11 Å². The Morgan fingerprint density at radius 2 is 2.19 bits per heavy atom. The van der Waals surface area contributed by atoms with Gasteiger partial charge in [0.15, 0.2) is 0 Å². The first kappa shape index (κ1) is 16.9. The van der Waals surface area contributed by atoms with Crippen molar-refractivity contribution in [2.75, 3.05) is 18.5 Å². The van der Waals surface area contributed by atoms with Gasteiger partial charge in [0, 0.05) is 31.0 Å². The molecule has 0 aliphatic carbocycles. The fourth-order valence-electron chi connectivity index (χ4n) is 2.05. The molecule has 1 aromatic carbocycles. The lowest BCUT2D eigenvalue weighted by Crippen LogP contribution is -2.33. The molecule has 0 spiro atoms. The summed E-state index contributed by atoms with van der Waals surface area (Å²) in [6, 6.07) is 5.36. The van der Waals surface area contributed by atoms with E-state index in [0.29, 0.717) is 18.7 Å². The molecular weight excluding hydrogens is 274 g/mol. The number of hydrogen-bond donors (Lipinski definition) is 3. The lowest BCUT2D eigenvalue weighted by atomic mass is 10.0. The van der Waals surface area contributed by atoms with E-state index in [1.807, 2.05) is 6.92 Å². The van der Waals surface area contributed by atoms with Gasteiger partial charge in [-0.3, -0.25) is 10.1 Å². The van der Waals surface area contributed by atoms with Gasteiger partial charge in [-0.1, -0.05) is 19.4 Å². The number of carbonyl (C=O) groups excluding carboxylic acids is 1. The van der Waals surface area contributed by atoms with E-state index in [9.17, 15) is 14.9 Å². The summed E-state index contributed by atoms with van der Waals surface area (Å²) in [4.78, 5) is 21.9. The monoisotopic (exact) mass is 295 g/mol. The van der Waals surface area contributed by atoms with Gasteiger partial charge in [0.05, 0.1) is 4.92 Å². The highest BCUT2D eigenvalue weighted by molar-refractivity contribution is 5.89. The first-order chi connectivity index (χ1) is 10.1. The van der Waals surface area contributed by atoms with Gasteiger partial charge in [-0.2, -0.15) is 0 Å². The van der Waals surface area contributed by atoms with Crippen molar-refractivity contribution in [2.45, 2.75) is 26.2 Å². The van der Waals surface area contributed by atoms with Gasteiger partial charge in [-0.15, -0.1) is 0 Å². The number of aliphatic hydroxyl groups excluding tert-OH is 1. The van der Waals surface area contributed by atoms with E-state index in [0.717, 1.165) is 12.8 Å². The van der Waals surface area contributed by atoms with E-state index in [1.165, 1.54) is 18.2 Å². The Labute approximate surface area is 123 Å². The zero-order valence-electron chi connectivity index (χ0n) is 12.0. The van der Waals surface area contributed by atoms with Crippen LogP contribution in [0.3, 0.4) is 0 Å². The molecule has 116 valence electrons. The molecule has 0 aromatic heterocycles. The van der Waals surface area contributed by atoms with Crippen LogP contribution in [0.1, 0.15) is 26.2 Å².